The maximum absolute atomic E-state index is 11.6. The number of rotatable bonds is 4. The van der Waals surface area contributed by atoms with E-state index in [-0.39, 0.29) is 6.54 Å². The molecule has 0 saturated heterocycles. The largest absolute Gasteiger partial charge is 0.339 e. The van der Waals surface area contributed by atoms with Crippen LogP contribution in [-0.4, -0.2) is 14.4 Å². The van der Waals surface area contributed by atoms with Crippen LogP contribution in [0.4, 0.5) is 11.4 Å². The molecule has 0 radical (unpaired) electrons. The van der Waals surface area contributed by atoms with Crippen LogP contribution in [0.5, 0.6) is 0 Å². The van der Waals surface area contributed by atoms with Gasteiger partial charge in [-0.3, -0.25) is 25.0 Å². The minimum absolute atomic E-state index is 0.197. The fourth-order valence-corrected chi connectivity index (χ4v) is 1.75. The van der Waals surface area contributed by atoms with Crippen LogP contribution in [0.1, 0.15) is 5.56 Å². The summed E-state index contributed by atoms with van der Waals surface area (Å²) < 4.78 is 1.26. The second-order valence-corrected chi connectivity index (χ2v) is 4.03. The molecule has 0 bridgehead atoms. The first-order chi connectivity index (χ1) is 9.49. The molecule has 1 aromatic carbocycles. The summed E-state index contributed by atoms with van der Waals surface area (Å²) in [5, 5.41) is 21.5. The molecule has 0 aliphatic carbocycles. The van der Waals surface area contributed by atoms with Gasteiger partial charge in [-0.25, -0.2) is 0 Å². The third-order valence-electron chi connectivity index (χ3n) is 2.64. The van der Waals surface area contributed by atoms with E-state index in [1.54, 1.807) is 30.3 Å². The van der Waals surface area contributed by atoms with Crippen molar-refractivity contribution in [2.45, 2.75) is 6.54 Å². The van der Waals surface area contributed by atoms with Gasteiger partial charge in [-0.05, 0) is 5.56 Å². The van der Waals surface area contributed by atoms with E-state index in [0.717, 1.165) is 18.0 Å². The summed E-state index contributed by atoms with van der Waals surface area (Å²) in [4.78, 5) is 31.3. The zero-order valence-corrected chi connectivity index (χ0v) is 10.1. The molecule has 0 N–H and O–H groups in total. The van der Waals surface area contributed by atoms with E-state index in [4.69, 9.17) is 0 Å². The van der Waals surface area contributed by atoms with Gasteiger partial charge in [-0.15, -0.1) is 0 Å². The van der Waals surface area contributed by atoms with Crippen molar-refractivity contribution in [3.8, 4) is 0 Å². The van der Waals surface area contributed by atoms with Crippen LogP contribution in [0.3, 0.4) is 0 Å². The number of aromatic nitrogens is 1. The van der Waals surface area contributed by atoms with E-state index in [2.05, 4.69) is 0 Å². The van der Waals surface area contributed by atoms with Crippen LogP contribution in [0, 0.1) is 20.2 Å². The molecule has 1 aromatic heterocycles. The van der Waals surface area contributed by atoms with Gasteiger partial charge in [0.25, 0.3) is 0 Å². The molecule has 0 spiro atoms. The lowest BCUT2D eigenvalue weighted by Gasteiger charge is -2.06. The molecule has 2 aromatic rings. The minimum atomic E-state index is -1.19. The third-order valence-corrected chi connectivity index (χ3v) is 2.64. The molecule has 0 fully saturated rings. The van der Waals surface area contributed by atoms with E-state index in [0.29, 0.717) is 0 Å². The molecule has 8 nitrogen and oxygen atoms in total. The first-order valence-corrected chi connectivity index (χ1v) is 5.56. The smallest absolute Gasteiger partial charge is 0.338 e. The Morgan fingerprint density at radius 3 is 1.90 bits per heavy atom. The predicted molar refractivity (Wildman–Crippen MR) is 69.6 cm³/mol. The lowest BCUT2D eigenvalue weighted by molar-refractivity contribution is -0.397. The van der Waals surface area contributed by atoms with Gasteiger partial charge in [0.05, 0.1) is 22.2 Å². The molecule has 0 unspecified atom stereocenters. The molecule has 0 saturated carbocycles. The zero-order chi connectivity index (χ0) is 14.7. The lowest BCUT2D eigenvalue weighted by atomic mass is 10.2. The van der Waals surface area contributed by atoms with E-state index in [1.807, 2.05) is 0 Å². The predicted octanol–water partition coefficient (Wildman–Crippen LogP) is 1.71. The monoisotopic (exact) mass is 275 g/mol. The van der Waals surface area contributed by atoms with E-state index in [9.17, 15) is 25.0 Å². The number of hydrogen-bond donors (Lipinski definition) is 0. The maximum atomic E-state index is 11.6. The normalized spacial score (nSPS) is 10.2. The van der Waals surface area contributed by atoms with E-state index in [1.165, 1.54) is 4.57 Å². The van der Waals surface area contributed by atoms with Crippen LogP contribution in [0.25, 0.3) is 0 Å². The summed E-state index contributed by atoms with van der Waals surface area (Å²) in [6, 6.07) is 8.91. The number of nitrogens with zero attached hydrogens (tertiary/aromatic N) is 3. The topological polar surface area (TPSA) is 108 Å². The van der Waals surface area contributed by atoms with Crippen molar-refractivity contribution in [3.63, 3.8) is 0 Å². The van der Waals surface area contributed by atoms with Crippen molar-refractivity contribution in [2.75, 3.05) is 0 Å². The molecule has 0 aliphatic heterocycles. The van der Waals surface area contributed by atoms with Crippen LogP contribution in [0.2, 0.25) is 0 Å². The quantitative estimate of drug-likeness (QED) is 0.623. The second-order valence-electron chi connectivity index (χ2n) is 4.03. The van der Waals surface area contributed by atoms with Crippen molar-refractivity contribution < 1.29 is 9.85 Å². The van der Waals surface area contributed by atoms with E-state index >= 15 is 0 Å². The molecule has 1 heterocycles. The van der Waals surface area contributed by atoms with Gasteiger partial charge < -0.3 is 4.57 Å². The van der Waals surface area contributed by atoms with E-state index < -0.39 is 26.7 Å². The van der Waals surface area contributed by atoms with Crippen molar-refractivity contribution in [1.82, 2.24) is 4.57 Å². The molecule has 0 amide bonds. The summed E-state index contributed by atoms with van der Waals surface area (Å²) in [5.74, 6) is 0. The summed E-state index contributed by atoms with van der Waals surface area (Å²) in [5.41, 5.74) is -2.01. The summed E-state index contributed by atoms with van der Waals surface area (Å²) in [6.45, 7) is 0.197. The number of benzene rings is 1. The summed E-state index contributed by atoms with van der Waals surface area (Å²) in [7, 11) is 0. The molecular formula is C12H9N3O5. The molecular weight excluding hydrogens is 266 g/mol. The Bertz CT molecular complexity index is 685. The first-order valence-electron chi connectivity index (χ1n) is 5.56. The summed E-state index contributed by atoms with van der Waals surface area (Å²) in [6.07, 6.45) is 2.00. The van der Waals surface area contributed by atoms with Gasteiger partial charge in [0.2, 0.25) is 0 Å². The Hall–Kier alpha value is -3.03. The molecule has 8 heteroatoms. The molecule has 0 atom stereocenters. The SMILES string of the molecule is O=c1c([N+](=O)[O-])cn(Cc2ccccc2)cc1[N+](=O)[O-]. The van der Waals surface area contributed by atoms with Crippen molar-refractivity contribution in [3.05, 3.63) is 78.7 Å². The highest BCUT2D eigenvalue weighted by Crippen LogP contribution is 2.13. The maximum Gasteiger partial charge on any atom is 0.339 e. The van der Waals surface area contributed by atoms with Crippen LogP contribution < -0.4 is 5.43 Å². The number of nitro groups is 2. The van der Waals surface area contributed by atoms with Gasteiger partial charge in [-0.2, -0.15) is 0 Å². The number of hydrogen-bond acceptors (Lipinski definition) is 5. The van der Waals surface area contributed by atoms with Gasteiger partial charge in [0.15, 0.2) is 0 Å². The Labute approximate surface area is 112 Å². The fourth-order valence-electron chi connectivity index (χ4n) is 1.75. The Kier molecular flexibility index (Phi) is 3.56. The molecule has 2 rings (SSSR count). The van der Waals surface area contributed by atoms with Crippen LogP contribution in [-0.2, 0) is 6.54 Å². The standard InChI is InChI=1S/C12H9N3O5/c16-12-10(14(17)18)7-13(8-11(12)15(19)20)6-9-4-2-1-3-5-9/h1-5,7-8H,6H2. The average molecular weight is 275 g/mol. The highest BCUT2D eigenvalue weighted by atomic mass is 16.6. The van der Waals surface area contributed by atoms with Crippen molar-refractivity contribution in [1.29, 1.82) is 0 Å². The molecule has 20 heavy (non-hydrogen) atoms. The summed E-state index contributed by atoms with van der Waals surface area (Å²) >= 11 is 0. The second kappa shape index (κ2) is 5.31. The van der Waals surface area contributed by atoms with Crippen LogP contribution in [0.15, 0.2) is 47.5 Å². The van der Waals surface area contributed by atoms with Crippen LogP contribution >= 0.6 is 0 Å². The Morgan fingerprint density at radius 2 is 1.45 bits per heavy atom. The van der Waals surface area contributed by atoms with Crippen molar-refractivity contribution in [2.24, 2.45) is 0 Å². The first kappa shape index (κ1) is 13.4. The lowest BCUT2D eigenvalue weighted by Crippen LogP contribution is -2.16. The van der Waals surface area contributed by atoms with Gasteiger partial charge in [0.1, 0.15) is 0 Å². The van der Waals surface area contributed by atoms with Gasteiger partial charge >= 0.3 is 16.8 Å². The highest BCUT2D eigenvalue weighted by Gasteiger charge is 2.24. The Balaban J connectivity index is 2.52. The Morgan fingerprint density at radius 1 is 0.950 bits per heavy atom. The molecule has 0 aliphatic rings. The fraction of sp³-hybridized carbons (Fsp3) is 0.0833. The zero-order valence-electron chi connectivity index (χ0n) is 10.1. The van der Waals surface area contributed by atoms with Crippen molar-refractivity contribution >= 4 is 11.4 Å². The van der Waals surface area contributed by atoms with Gasteiger partial charge in [-0.1, -0.05) is 30.3 Å². The molecule has 102 valence electrons. The number of pyridine rings is 1. The average Bonchev–Trinajstić information content (AvgIpc) is 2.41. The third kappa shape index (κ3) is 2.69. The minimum Gasteiger partial charge on any atom is -0.338 e. The highest BCUT2D eigenvalue weighted by molar-refractivity contribution is 5.39. The van der Waals surface area contributed by atoms with Gasteiger partial charge in [0, 0.05) is 6.54 Å².